The molecule has 0 saturated carbocycles. The van der Waals surface area contributed by atoms with Crippen molar-refractivity contribution in [1.82, 2.24) is 4.98 Å². The number of aryl methyl sites for hydroxylation is 1. The van der Waals surface area contributed by atoms with Crippen LogP contribution in [-0.4, -0.2) is 34.3 Å². The van der Waals surface area contributed by atoms with Gasteiger partial charge in [0.05, 0.1) is 12.2 Å². The molecule has 1 aromatic rings. The van der Waals surface area contributed by atoms with E-state index in [-0.39, 0.29) is 24.1 Å². The minimum atomic E-state index is 0.0501. The van der Waals surface area contributed by atoms with Crippen LogP contribution in [0.3, 0.4) is 0 Å². The number of oxime groups is 1. The molecule has 2 unspecified atom stereocenters. The fourth-order valence-corrected chi connectivity index (χ4v) is 2.52. The van der Waals surface area contributed by atoms with Gasteiger partial charge in [0.1, 0.15) is 6.10 Å². The standard InChI is InChI=1S/C14H21N3O3/c1-8-4-11(14(15)17-18)7-13(16-8)20-12-5-9(2)19-10(3)6-12/h4,7,9-10,12,18H,5-6H2,1-3H3,(H2,15,17). The molecule has 6 heteroatoms. The number of nitrogens with zero attached hydrogens (tertiary/aromatic N) is 2. The van der Waals surface area contributed by atoms with Crippen molar-refractivity contribution >= 4 is 5.84 Å². The van der Waals surface area contributed by atoms with Crippen LogP contribution < -0.4 is 10.5 Å². The van der Waals surface area contributed by atoms with Crippen molar-refractivity contribution in [1.29, 1.82) is 0 Å². The van der Waals surface area contributed by atoms with Crippen molar-refractivity contribution in [2.45, 2.75) is 51.9 Å². The Kier molecular flexibility index (Phi) is 4.44. The molecule has 0 amide bonds. The molecule has 110 valence electrons. The fraction of sp³-hybridized carbons (Fsp3) is 0.571. The van der Waals surface area contributed by atoms with E-state index >= 15 is 0 Å². The summed E-state index contributed by atoms with van der Waals surface area (Å²) in [5.41, 5.74) is 6.97. The average molecular weight is 279 g/mol. The van der Waals surface area contributed by atoms with Crippen molar-refractivity contribution in [3.05, 3.63) is 23.4 Å². The van der Waals surface area contributed by atoms with Gasteiger partial charge >= 0.3 is 0 Å². The van der Waals surface area contributed by atoms with Gasteiger partial charge in [0.15, 0.2) is 5.84 Å². The highest BCUT2D eigenvalue weighted by Crippen LogP contribution is 2.24. The summed E-state index contributed by atoms with van der Waals surface area (Å²) in [6, 6.07) is 3.43. The molecule has 1 aromatic heterocycles. The van der Waals surface area contributed by atoms with E-state index < -0.39 is 0 Å². The van der Waals surface area contributed by atoms with Gasteiger partial charge in [0, 0.05) is 30.2 Å². The van der Waals surface area contributed by atoms with Gasteiger partial charge in [-0.15, -0.1) is 0 Å². The number of hydrogen-bond acceptors (Lipinski definition) is 5. The number of rotatable bonds is 3. The Hall–Kier alpha value is -1.82. The molecule has 20 heavy (non-hydrogen) atoms. The first-order valence-electron chi connectivity index (χ1n) is 6.76. The number of pyridine rings is 1. The van der Waals surface area contributed by atoms with E-state index in [2.05, 4.69) is 10.1 Å². The minimum Gasteiger partial charge on any atom is -0.474 e. The van der Waals surface area contributed by atoms with E-state index in [4.69, 9.17) is 20.4 Å². The van der Waals surface area contributed by atoms with Crippen LogP contribution in [0.5, 0.6) is 5.88 Å². The number of ether oxygens (including phenoxy) is 2. The highest BCUT2D eigenvalue weighted by atomic mass is 16.5. The second kappa shape index (κ2) is 6.09. The van der Waals surface area contributed by atoms with Gasteiger partial charge in [0.25, 0.3) is 0 Å². The maximum atomic E-state index is 8.75. The molecule has 1 aliphatic rings. The van der Waals surface area contributed by atoms with Crippen molar-refractivity contribution in [3.63, 3.8) is 0 Å². The first kappa shape index (κ1) is 14.6. The number of aromatic nitrogens is 1. The number of amidine groups is 1. The zero-order valence-corrected chi connectivity index (χ0v) is 12.0. The van der Waals surface area contributed by atoms with Gasteiger partial charge in [-0.05, 0) is 26.8 Å². The monoisotopic (exact) mass is 279 g/mol. The third-order valence-electron chi connectivity index (χ3n) is 3.28. The largest absolute Gasteiger partial charge is 0.474 e. The minimum absolute atomic E-state index is 0.0501. The molecular formula is C14H21N3O3. The van der Waals surface area contributed by atoms with E-state index in [9.17, 15) is 0 Å². The van der Waals surface area contributed by atoms with Gasteiger partial charge in [-0.2, -0.15) is 0 Å². The summed E-state index contributed by atoms with van der Waals surface area (Å²) in [5.74, 6) is 0.548. The molecule has 2 heterocycles. The van der Waals surface area contributed by atoms with E-state index in [0.29, 0.717) is 11.4 Å². The zero-order chi connectivity index (χ0) is 14.7. The van der Waals surface area contributed by atoms with Crippen LogP contribution in [0, 0.1) is 6.92 Å². The molecular weight excluding hydrogens is 258 g/mol. The molecule has 0 aromatic carbocycles. The van der Waals surface area contributed by atoms with Crippen LogP contribution in [0.1, 0.15) is 37.9 Å². The highest BCUT2D eigenvalue weighted by Gasteiger charge is 2.26. The maximum Gasteiger partial charge on any atom is 0.214 e. The van der Waals surface area contributed by atoms with Crippen LogP contribution in [0.2, 0.25) is 0 Å². The van der Waals surface area contributed by atoms with E-state index in [1.165, 1.54) is 0 Å². The molecule has 1 aliphatic heterocycles. The third kappa shape index (κ3) is 3.60. The predicted molar refractivity (Wildman–Crippen MR) is 75.1 cm³/mol. The molecule has 1 fully saturated rings. The lowest BCUT2D eigenvalue weighted by molar-refractivity contribution is -0.0729. The van der Waals surface area contributed by atoms with Crippen LogP contribution in [0.4, 0.5) is 0 Å². The normalized spacial score (nSPS) is 27.4. The highest BCUT2D eigenvalue weighted by molar-refractivity contribution is 5.97. The van der Waals surface area contributed by atoms with Crippen LogP contribution in [0.15, 0.2) is 17.3 Å². The van der Waals surface area contributed by atoms with Crippen molar-refractivity contribution in [3.8, 4) is 5.88 Å². The smallest absolute Gasteiger partial charge is 0.214 e. The summed E-state index contributed by atoms with van der Waals surface area (Å²) in [7, 11) is 0. The fourth-order valence-electron chi connectivity index (χ4n) is 2.52. The van der Waals surface area contributed by atoms with Crippen LogP contribution >= 0.6 is 0 Å². The molecule has 0 bridgehead atoms. The molecule has 2 rings (SSSR count). The number of nitrogens with two attached hydrogens (primary N) is 1. The first-order chi connectivity index (χ1) is 9.47. The quantitative estimate of drug-likeness (QED) is 0.381. The molecule has 3 N–H and O–H groups in total. The summed E-state index contributed by atoms with van der Waals surface area (Å²) < 4.78 is 11.6. The van der Waals surface area contributed by atoms with Crippen molar-refractivity contribution in [2.24, 2.45) is 10.9 Å². The van der Waals surface area contributed by atoms with E-state index in [0.717, 1.165) is 18.5 Å². The second-order valence-corrected chi connectivity index (χ2v) is 5.29. The Balaban J connectivity index is 2.14. The summed E-state index contributed by atoms with van der Waals surface area (Å²) in [6.07, 6.45) is 2.09. The van der Waals surface area contributed by atoms with Gasteiger partial charge in [0.2, 0.25) is 5.88 Å². The topological polar surface area (TPSA) is 90.0 Å². The Morgan fingerprint density at radius 2 is 2.05 bits per heavy atom. The lowest BCUT2D eigenvalue weighted by Gasteiger charge is -2.32. The zero-order valence-electron chi connectivity index (χ0n) is 12.0. The number of hydrogen-bond donors (Lipinski definition) is 2. The summed E-state index contributed by atoms with van der Waals surface area (Å²) in [4.78, 5) is 4.34. The first-order valence-corrected chi connectivity index (χ1v) is 6.76. The predicted octanol–water partition coefficient (Wildman–Crippen LogP) is 1.82. The Morgan fingerprint density at radius 1 is 1.40 bits per heavy atom. The lowest BCUT2D eigenvalue weighted by Crippen LogP contribution is -2.36. The summed E-state index contributed by atoms with van der Waals surface area (Å²) in [5, 5.41) is 11.7. The Bertz CT molecular complexity index is 494. The Labute approximate surface area is 118 Å². The van der Waals surface area contributed by atoms with Gasteiger partial charge in [-0.1, -0.05) is 5.16 Å². The summed E-state index contributed by atoms with van der Waals surface area (Å²) in [6.45, 7) is 5.92. The third-order valence-corrected chi connectivity index (χ3v) is 3.28. The molecule has 1 saturated heterocycles. The molecule has 6 nitrogen and oxygen atoms in total. The molecule has 2 atom stereocenters. The summed E-state index contributed by atoms with van der Waals surface area (Å²) >= 11 is 0. The Morgan fingerprint density at radius 3 is 2.65 bits per heavy atom. The van der Waals surface area contributed by atoms with Gasteiger partial charge in [-0.3, -0.25) is 0 Å². The molecule has 0 spiro atoms. The van der Waals surface area contributed by atoms with Gasteiger partial charge < -0.3 is 20.4 Å². The second-order valence-electron chi connectivity index (χ2n) is 5.29. The average Bonchev–Trinajstić information content (AvgIpc) is 2.35. The van der Waals surface area contributed by atoms with Crippen molar-refractivity contribution < 1.29 is 14.7 Å². The lowest BCUT2D eigenvalue weighted by atomic mass is 10.0. The van der Waals surface area contributed by atoms with Crippen molar-refractivity contribution in [2.75, 3.05) is 0 Å². The van der Waals surface area contributed by atoms with E-state index in [1.54, 1.807) is 12.1 Å². The molecule has 0 aliphatic carbocycles. The SMILES string of the molecule is Cc1cc(/C(N)=N/O)cc(OC2CC(C)OC(C)C2)n1. The van der Waals surface area contributed by atoms with E-state index in [1.807, 2.05) is 20.8 Å². The van der Waals surface area contributed by atoms with Gasteiger partial charge in [-0.25, -0.2) is 4.98 Å². The van der Waals surface area contributed by atoms with Crippen LogP contribution in [0.25, 0.3) is 0 Å². The van der Waals surface area contributed by atoms with Crippen LogP contribution in [-0.2, 0) is 4.74 Å². The molecule has 0 radical (unpaired) electrons. The maximum absolute atomic E-state index is 8.75.